The van der Waals surface area contributed by atoms with Gasteiger partial charge in [-0.05, 0) is 65.1 Å². The number of benzene rings is 3. The van der Waals surface area contributed by atoms with Crippen LogP contribution >= 0.6 is 0 Å². The first-order chi connectivity index (χ1) is 15.1. The van der Waals surface area contributed by atoms with E-state index in [-0.39, 0.29) is 17.2 Å². The summed E-state index contributed by atoms with van der Waals surface area (Å²) in [5.74, 6) is -0.287. The minimum Gasteiger partial charge on any atom is -0.378 e. The number of amides is 2. The van der Waals surface area contributed by atoms with E-state index < -0.39 is 0 Å². The van der Waals surface area contributed by atoms with E-state index in [9.17, 15) is 9.59 Å². The first-order valence-electron chi connectivity index (χ1n) is 10.7. The van der Waals surface area contributed by atoms with E-state index in [0.717, 1.165) is 16.9 Å². The van der Waals surface area contributed by atoms with Gasteiger partial charge in [-0.3, -0.25) is 9.59 Å². The largest absolute Gasteiger partial charge is 0.378 e. The predicted octanol–water partition coefficient (Wildman–Crippen LogP) is 5.23. The maximum absolute atomic E-state index is 12.5. The Morgan fingerprint density at radius 1 is 0.750 bits per heavy atom. The molecule has 0 aromatic heterocycles. The third-order valence-corrected chi connectivity index (χ3v) is 5.32. The van der Waals surface area contributed by atoms with Crippen LogP contribution in [0.5, 0.6) is 0 Å². The van der Waals surface area contributed by atoms with Gasteiger partial charge < -0.3 is 15.5 Å². The molecule has 0 saturated carbocycles. The van der Waals surface area contributed by atoms with Crippen LogP contribution in [0.15, 0.2) is 72.8 Å². The van der Waals surface area contributed by atoms with Crippen molar-refractivity contribution < 1.29 is 9.59 Å². The van der Waals surface area contributed by atoms with Crippen LogP contribution in [0.3, 0.4) is 0 Å². The molecule has 5 heteroatoms. The van der Waals surface area contributed by atoms with Crippen LogP contribution in [0.4, 0.5) is 11.4 Å². The van der Waals surface area contributed by atoms with Crippen molar-refractivity contribution in [3.05, 3.63) is 95.1 Å². The Hall–Kier alpha value is -3.60. The van der Waals surface area contributed by atoms with Crippen molar-refractivity contribution in [3.63, 3.8) is 0 Å². The maximum atomic E-state index is 12.5. The van der Waals surface area contributed by atoms with Crippen LogP contribution in [-0.2, 0) is 12.0 Å². The molecule has 3 aromatic rings. The molecule has 0 fully saturated rings. The molecule has 3 rings (SSSR count). The molecule has 0 atom stereocenters. The van der Waals surface area contributed by atoms with Gasteiger partial charge in [0.2, 0.25) is 0 Å². The zero-order valence-corrected chi connectivity index (χ0v) is 19.4. The molecule has 3 aromatic carbocycles. The second-order valence-corrected chi connectivity index (χ2v) is 9.10. The highest BCUT2D eigenvalue weighted by atomic mass is 16.2. The smallest absolute Gasteiger partial charge is 0.255 e. The first-order valence-corrected chi connectivity index (χ1v) is 10.7. The number of hydrogen-bond acceptors (Lipinski definition) is 3. The number of anilines is 2. The van der Waals surface area contributed by atoms with E-state index in [1.54, 1.807) is 12.1 Å². The van der Waals surface area contributed by atoms with Crippen LogP contribution < -0.4 is 15.5 Å². The molecule has 0 bridgehead atoms. The zero-order valence-electron chi connectivity index (χ0n) is 19.4. The van der Waals surface area contributed by atoms with Gasteiger partial charge in [-0.15, -0.1) is 0 Å². The second-order valence-electron chi connectivity index (χ2n) is 9.10. The lowest BCUT2D eigenvalue weighted by molar-refractivity contribution is 0.0949. The topological polar surface area (TPSA) is 61.4 Å². The number of nitrogens with zero attached hydrogens (tertiary/aromatic N) is 1. The van der Waals surface area contributed by atoms with Gasteiger partial charge in [-0.2, -0.15) is 0 Å². The maximum Gasteiger partial charge on any atom is 0.255 e. The molecule has 0 spiro atoms. The molecule has 2 N–H and O–H groups in total. The Bertz CT molecular complexity index is 1060. The minimum atomic E-state index is -0.169. The zero-order chi connectivity index (χ0) is 23.3. The summed E-state index contributed by atoms with van der Waals surface area (Å²) in [6.07, 6.45) is 0. The third kappa shape index (κ3) is 5.97. The van der Waals surface area contributed by atoms with Crippen molar-refractivity contribution in [2.75, 3.05) is 24.3 Å². The molecule has 32 heavy (non-hydrogen) atoms. The monoisotopic (exact) mass is 429 g/mol. The highest BCUT2D eigenvalue weighted by Crippen LogP contribution is 2.22. The van der Waals surface area contributed by atoms with Crippen molar-refractivity contribution in [1.29, 1.82) is 0 Å². The highest BCUT2D eigenvalue weighted by molar-refractivity contribution is 6.04. The number of nitrogens with one attached hydrogen (secondary N) is 2. The van der Waals surface area contributed by atoms with E-state index in [2.05, 4.69) is 31.4 Å². The number of carbonyl (C=O) groups is 2. The first kappa shape index (κ1) is 23.1. The molecule has 166 valence electrons. The predicted molar refractivity (Wildman–Crippen MR) is 131 cm³/mol. The molecule has 0 aliphatic heterocycles. The Morgan fingerprint density at radius 3 is 1.81 bits per heavy atom. The van der Waals surface area contributed by atoms with Crippen molar-refractivity contribution in [1.82, 2.24) is 5.32 Å². The molecule has 5 nitrogen and oxygen atoms in total. The lowest BCUT2D eigenvalue weighted by Gasteiger charge is -2.19. The number of carbonyl (C=O) groups excluding carboxylic acids is 2. The van der Waals surface area contributed by atoms with Crippen LogP contribution in [0, 0.1) is 0 Å². The molecule has 0 aliphatic rings. The lowest BCUT2D eigenvalue weighted by atomic mass is 9.87. The van der Waals surface area contributed by atoms with Gasteiger partial charge in [0.05, 0.1) is 0 Å². The van der Waals surface area contributed by atoms with Gasteiger partial charge in [-0.1, -0.05) is 45.0 Å². The summed E-state index contributed by atoms with van der Waals surface area (Å²) in [6.45, 7) is 6.83. The molecule has 0 radical (unpaired) electrons. The van der Waals surface area contributed by atoms with Gasteiger partial charge in [-0.25, -0.2) is 0 Å². The van der Waals surface area contributed by atoms with Gasteiger partial charge in [0.1, 0.15) is 0 Å². The Kier molecular flexibility index (Phi) is 6.98. The Morgan fingerprint density at radius 2 is 1.28 bits per heavy atom. The van der Waals surface area contributed by atoms with Crippen molar-refractivity contribution in [2.24, 2.45) is 0 Å². The second kappa shape index (κ2) is 9.69. The molecule has 0 saturated heterocycles. The van der Waals surface area contributed by atoms with Crippen LogP contribution in [0.2, 0.25) is 0 Å². The van der Waals surface area contributed by atoms with Gasteiger partial charge in [0.25, 0.3) is 11.8 Å². The fourth-order valence-corrected chi connectivity index (χ4v) is 3.23. The molecule has 2 amide bonds. The lowest BCUT2D eigenvalue weighted by Crippen LogP contribution is -2.23. The summed E-state index contributed by atoms with van der Waals surface area (Å²) < 4.78 is 0. The molecular weight excluding hydrogens is 398 g/mol. The standard InChI is InChI=1S/C27H31N3O2/c1-27(2,3)22-12-10-20(11-13-22)25(31)28-18-19-6-8-21(9-7-19)26(32)29-23-14-16-24(17-15-23)30(4)5/h6-17H,18H2,1-5H3,(H,28,31)(H,29,32). The van der Waals surface area contributed by atoms with Crippen molar-refractivity contribution >= 4 is 23.2 Å². The summed E-state index contributed by atoms with van der Waals surface area (Å²) in [6, 6.07) is 22.6. The van der Waals surface area contributed by atoms with E-state index in [4.69, 9.17) is 0 Å². The average Bonchev–Trinajstić information content (AvgIpc) is 2.77. The number of rotatable bonds is 6. The third-order valence-electron chi connectivity index (χ3n) is 5.32. The highest BCUT2D eigenvalue weighted by Gasteiger charge is 2.14. The van der Waals surface area contributed by atoms with E-state index in [1.165, 1.54) is 5.56 Å². The molecular formula is C27H31N3O2. The Balaban J connectivity index is 1.55. The van der Waals surface area contributed by atoms with Crippen LogP contribution in [-0.4, -0.2) is 25.9 Å². The quantitative estimate of drug-likeness (QED) is 0.564. The Labute approximate surface area is 190 Å². The molecule has 0 heterocycles. The summed E-state index contributed by atoms with van der Waals surface area (Å²) in [5, 5.41) is 5.84. The van der Waals surface area contributed by atoms with Crippen LogP contribution in [0.1, 0.15) is 52.6 Å². The molecule has 0 aliphatic carbocycles. The summed E-state index contributed by atoms with van der Waals surface area (Å²) >= 11 is 0. The SMILES string of the molecule is CN(C)c1ccc(NC(=O)c2ccc(CNC(=O)c3ccc(C(C)(C)C)cc3)cc2)cc1. The molecule has 0 unspecified atom stereocenters. The summed E-state index contributed by atoms with van der Waals surface area (Å²) in [5.41, 5.74) is 5.18. The summed E-state index contributed by atoms with van der Waals surface area (Å²) in [4.78, 5) is 27.0. The van der Waals surface area contributed by atoms with Gasteiger partial charge >= 0.3 is 0 Å². The van der Waals surface area contributed by atoms with Crippen LogP contribution in [0.25, 0.3) is 0 Å². The fraction of sp³-hybridized carbons (Fsp3) is 0.259. The average molecular weight is 430 g/mol. The summed E-state index contributed by atoms with van der Waals surface area (Å²) in [7, 11) is 3.94. The number of hydrogen-bond donors (Lipinski definition) is 2. The van der Waals surface area contributed by atoms with E-state index >= 15 is 0 Å². The van der Waals surface area contributed by atoms with Gasteiger partial charge in [0, 0.05) is 43.1 Å². The van der Waals surface area contributed by atoms with Gasteiger partial charge in [0.15, 0.2) is 0 Å². The van der Waals surface area contributed by atoms with E-state index in [0.29, 0.717) is 17.7 Å². The van der Waals surface area contributed by atoms with Crippen molar-refractivity contribution in [3.8, 4) is 0 Å². The van der Waals surface area contributed by atoms with E-state index in [1.807, 2.05) is 79.7 Å². The fourth-order valence-electron chi connectivity index (χ4n) is 3.23. The van der Waals surface area contributed by atoms with Crippen molar-refractivity contribution in [2.45, 2.75) is 32.7 Å². The normalized spacial score (nSPS) is 11.0. The minimum absolute atomic E-state index is 0.0543.